The molecule has 132 valence electrons. The van der Waals surface area contributed by atoms with Crippen molar-refractivity contribution < 1.29 is 9.90 Å². The summed E-state index contributed by atoms with van der Waals surface area (Å²) < 4.78 is 0. The molecule has 5 nitrogen and oxygen atoms in total. The second-order valence-corrected chi connectivity index (χ2v) is 6.98. The number of likely N-dealkylation sites (tertiary alicyclic amines) is 2. The van der Waals surface area contributed by atoms with Gasteiger partial charge in [-0.3, -0.25) is 4.90 Å². The summed E-state index contributed by atoms with van der Waals surface area (Å²) in [5.41, 5.74) is 2.46. The highest BCUT2D eigenvalue weighted by molar-refractivity contribution is 5.74. The van der Waals surface area contributed by atoms with Crippen molar-refractivity contribution in [3.8, 4) is 0 Å². The van der Waals surface area contributed by atoms with Gasteiger partial charge in [-0.25, -0.2) is 4.79 Å². The van der Waals surface area contributed by atoms with E-state index >= 15 is 0 Å². The van der Waals surface area contributed by atoms with Gasteiger partial charge in [0.2, 0.25) is 0 Å². The Hall–Kier alpha value is -1.59. The number of rotatable bonds is 5. The molecule has 0 bridgehead atoms. The molecule has 3 rings (SSSR count). The summed E-state index contributed by atoms with van der Waals surface area (Å²) >= 11 is 0. The molecule has 1 aromatic carbocycles. The molecule has 2 N–H and O–H groups in total. The third-order valence-corrected chi connectivity index (χ3v) is 5.17. The minimum Gasteiger partial charge on any atom is -0.394 e. The maximum absolute atomic E-state index is 12.2. The molecule has 1 atom stereocenters. The smallest absolute Gasteiger partial charge is 0.317 e. The van der Waals surface area contributed by atoms with E-state index in [0.717, 1.165) is 31.5 Å². The first-order chi connectivity index (χ1) is 11.8. The fourth-order valence-corrected chi connectivity index (χ4v) is 3.71. The number of nitrogens with one attached hydrogen (secondary N) is 1. The van der Waals surface area contributed by atoms with Gasteiger partial charge in [-0.2, -0.15) is 0 Å². The average Bonchev–Trinajstić information content (AvgIpc) is 3.10. The van der Waals surface area contributed by atoms with Crippen molar-refractivity contribution in [2.75, 3.05) is 26.2 Å². The highest BCUT2D eigenvalue weighted by Gasteiger charge is 2.27. The SMILES string of the molecule is O=C(NCc1ccc(CN2CCCCC2)cc1)N1CCCC1CO. The Balaban J connectivity index is 1.46. The zero-order valence-corrected chi connectivity index (χ0v) is 14.4. The number of amides is 2. The van der Waals surface area contributed by atoms with Crippen molar-refractivity contribution in [2.24, 2.45) is 0 Å². The van der Waals surface area contributed by atoms with Crippen LogP contribution in [0, 0.1) is 0 Å². The van der Waals surface area contributed by atoms with Gasteiger partial charge in [0.25, 0.3) is 0 Å². The molecule has 5 heteroatoms. The molecule has 2 aliphatic heterocycles. The van der Waals surface area contributed by atoms with Crippen LogP contribution in [0.1, 0.15) is 43.2 Å². The average molecular weight is 331 g/mol. The lowest BCUT2D eigenvalue weighted by Gasteiger charge is -2.26. The maximum atomic E-state index is 12.2. The maximum Gasteiger partial charge on any atom is 0.317 e. The largest absolute Gasteiger partial charge is 0.394 e. The zero-order chi connectivity index (χ0) is 16.8. The lowest BCUT2D eigenvalue weighted by molar-refractivity contribution is 0.157. The molecule has 24 heavy (non-hydrogen) atoms. The molecular weight excluding hydrogens is 302 g/mol. The van der Waals surface area contributed by atoms with E-state index in [9.17, 15) is 9.90 Å². The van der Waals surface area contributed by atoms with Crippen LogP contribution in [0.3, 0.4) is 0 Å². The number of piperidine rings is 1. The molecule has 2 amide bonds. The summed E-state index contributed by atoms with van der Waals surface area (Å²) in [6, 6.07) is 8.46. The summed E-state index contributed by atoms with van der Waals surface area (Å²) in [6.45, 7) is 4.78. The highest BCUT2D eigenvalue weighted by atomic mass is 16.3. The van der Waals surface area contributed by atoms with Crippen LogP contribution in [0.4, 0.5) is 4.79 Å². The van der Waals surface area contributed by atoms with E-state index in [-0.39, 0.29) is 18.7 Å². The van der Waals surface area contributed by atoms with Gasteiger partial charge in [-0.1, -0.05) is 30.7 Å². The van der Waals surface area contributed by atoms with E-state index in [1.54, 1.807) is 4.90 Å². The molecule has 0 saturated carbocycles. The molecule has 0 spiro atoms. The van der Waals surface area contributed by atoms with Gasteiger partial charge < -0.3 is 15.3 Å². The van der Waals surface area contributed by atoms with Crippen LogP contribution in [0.5, 0.6) is 0 Å². The van der Waals surface area contributed by atoms with Gasteiger partial charge in [0, 0.05) is 19.6 Å². The van der Waals surface area contributed by atoms with Crippen LogP contribution in [0.15, 0.2) is 24.3 Å². The Labute approximate surface area is 144 Å². The van der Waals surface area contributed by atoms with Crippen LogP contribution in [0.2, 0.25) is 0 Å². The summed E-state index contributed by atoms with van der Waals surface area (Å²) in [7, 11) is 0. The first-order valence-corrected chi connectivity index (χ1v) is 9.22. The number of hydrogen-bond donors (Lipinski definition) is 2. The number of aliphatic hydroxyl groups excluding tert-OH is 1. The minimum atomic E-state index is -0.0658. The standard InChI is InChI=1S/C19H29N3O2/c23-15-18-5-4-12-22(18)19(24)20-13-16-6-8-17(9-7-16)14-21-10-2-1-3-11-21/h6-9,18,23H,1-5,10-15H2,(H,20,24). The molecule has 2 aliphatic rings. The molecule has 1 unspecified atom stereocenters. The van der Waals surface area contributed by atoms with Crippen molar-refractivity contribution in [1.29, 1.82) is 0 Å². The van der Waals surface area contributed by atoms with Crippen LogP contribution >= 0.6 is 0 Å². The number of urea groups is 1. The summed E-state index contributed by atoms with van der Waals surface area (Å²) in [4.78, 5) is 16.5. The summed E-state index contributed by atoms with van der Waals surface area (Å²) in [5.74, 6) is 0. The fourth-order valence-electron chi connectivity index (χ4n) is 3.71. The molecule has 1 aromatic rings. The van der Waals surface area contributed by atoms with Crippen molar-refractivity contribution in [3.63, 3.8) is 0 Å². The fraction of sp³-hybridized carbons (Fsp3) is 0.632. The van der Waals surface area contributed by atoms with Gasteiger partial charge in [0.15, 0.2) is 0 Å². The monoisotopic (exact) mass is 331 g/mol. The number of benzene rings is 1. The van der Waals surface area contributed by atoms with Gasteiger partial charge in [0.05, 0.1) is 12.6 Å². The molecule has 0 aromatic heterocycles. The predicted molar refractivity (Wildman–Crippen MR) is 94.6 cm³/mol. The quantitative estimate of drug-likeness (QED) is 0.871. The number of hydrogen-bond acceptors (Lipinski definition) is 3. The van der Waals surface area contributed by atoms with E-state index in [0.29, 0.717) is 6.54 Å². The predicted octanol–water partition coefficient (Wildman–Crippen LogP) is 2.34. The number of carbonyl (C=O) groups is 1. The third kappa shape index (κ3) is 4.48. The molecule has 0 aliphatic carbocycles. The Morgan fingerprint density at radius 1 is 1.04 bits per heavy atom. The Bertz CT molecular complexity index is 526. The topological polar surface area (TPSA) is 55.8 Å². The molecule has 2 heterocycles. The van der Waals surface area contributed by atoms with Crippen molar-refractivity contribution in [1.82, 2.24) is 15.1 Å². The van der Waals surface area contributed by atoms with E-state index in [1.807, 2.05) is 0 Å². The van der Waals surface area contributed by atoms with Gasteiger partial charge >= 0.3 is 6.03 Å². The third-order valence-electron chi connectivity index (χ3n) is 5.17. The van der Waals surface area contributed by atoms with Crippen LogP contribution in [-0.2, 0) is 13.1 Å². The van der Waals surface area contributed by atoms with Gasteiger partial charge in [0.1, 0.15) is 0 Å². The first-order valence-electron chi connectivity index (χ1n) is 9.22. The van der Waals surface area contributed by atoms with Crippen molar-refractivity contribution >= 4 is 6.03 Å². The lowest BCUT2D eigenvalue weighted by Crippen LogP contribution is -2.43. The van der Waals surface area contributed by atoms with Crippen molar-refractivity contribution in [3.05, 3.63) is 35.4 Å². The second-order valence-electron chi connectivity index (χ2n) is 6.98. The van der Waals surface area contributed by atoms with Crippen molar-refractivity contribution in [2.45, 2.75) is 51.2 Å². The molecule has 2 saturated heterocycles. The number of aliphatic hydroxyl groups is 1. The van der Waals surface area contributed by atoms with Crippen LogP contribution in [-0.4, -0.2) is 53.2 Å². The van der Waals surface area contributed by atoms with Gasteiger partial charge in [-0.05, 0) is 49.9 Å². The molecule has 0 radical (unpaired) electrons. The van der Waals surface area contributed by atoms with E-state index in [1.165, 1.54) is 37.9 Å². The Kier molecular flexibility index (Phi) is 6.10. The lowest BCUT2D eigenvalue weighted by atomic mass is 10.1. The summed E-state index contributed by atoms with van der Waals surface area (Å²) in [5, 5.41) is 12.3. The normalized spacial score (nSPS) is 21.9. The van der Waals surface area contributed by atoms with Crippen LogP contribution < -0.4 is 5.32 Å². The molecule has 2 fully saturated rings. The van der Waals surface area contributed by atoms with E-state index in [2.05, 4.69) is 34.5 Å². The van der Waals surface area contributed by atoms with E-state index < -0.39 is 0 Å². The van der Waals surface area contributed by atoms with Gasteiger partial charge in [-0.15, -0.1) is 0 Å². The zero-order valence-electron chi connectivity index (χ0n) is 14.4. The van der Waals surface area contributed by atoms with E-state index in [4.69, 9.17) is 0 Å². The Morgan fingerprint density at radius 3 is 2.46 bits per heavy atom. The summed E-state index contributed by atoms with van der Waals surface area (Å²) in [6.07, 6.45) is 5.87. The first kappa shape index (κ1) is 17.2. The van der Waals surface area contributed by atoms with Crippen LogP contribution in [0.25, 0.3) is 0 Å². The number of nitrogens with zero attached hydrogens (tertiary/aromatic N) is 2. The Morgan fingerprint density at radius 2 is 1.75 bits per heavy atom. The second kappa shape index (κ2) is 8.49. The highest BCUT2D eigenvalue weighted by Crippen LogP contribution is 2.17. The number of carbonyl (C=O) groups excluding carboxylic acids is 1. The molecular formula is C19H29N3O2. The minimum absolute atomic E-state index is 0.0167.